The van der Waals surface area contributed by atoms with E-state index in [2.05, 4.69) is 17.0 Å². The summed E-state index contributed by atoms with van der Waals surface area (Å²) in [7, 11) is 0. The lowest BCUT2D eigenvalue weighted by atomic mass is 10.0. The van der Waals surface area contributed by atoms with Gasteiger partial charge in [0.15, 0.2) is 0 Å². The Morgan fingerprint density at radius 1 is 1.11 bits per heavy atom. The summed E-state index contributed by atoms with van der Waals surface area (Å²) in [6.07, 6.45) is 6.65. The molecule has 0 spiro atoms. The Labute approximate surface area is 109 Å². The van der Waals surface area contributed by atoms with E-state index >= 15 is 0 Å². The molecule has 1 aliphatic heterocycles. The van der Waals surface area contributed by atoms with Crippen LogP contribution in [0.1, 0.15) is 43.2 Å². The lowest BCUT2D eigenvalue weighted by Crippen LogP contribution is -2.27. The predicted octanol–water partition coefficient (Wildman–Crippen LogP) is 3.05. The van der Waals surface area contributed by atoms with E-state index in [9.17, 15) is 0 Å². The van der Waals surface area contributed by atoms with Crippen molar-refractivity contribution >= 4 is 11.5 Å². The molecule has 3 N–H and O–H groups in total. The molecule has 2 rings (SSSR count). The van der Waals surface area contributed by atoms with Gasteiger partial charge in [-0.3, -0.25) is 5.41 Å². The smallest absolute Gasteiger partial charge is 0.123 e. The van der Waals surface area contributed by atoms with Crippen molar-refractivity contribution < 1.29 is 0 Å². The molecular formula is C15H23N3. The van der Waals surface area contributed by atoms with Gasteiger partial charge in [-0.1, -0.05) is 19.3 Å². The molecule has 3 heteroatoms. The van der Waals surface area contributed by atoms with Gasteiger partial charge in [-0.15, -0.1) is 0 Å². The molecule has 0 radical (unpaired) electrons. The average Bonchev–Trinajstić information content (AvgIpc) is 2.27. The van der Waals surface area contributed by atoms with Crippen LogP contribution in [0.2, 0.25) is 0 Å². The van der Waals surface area contributed by atoms with E-state index in [1.165, 1.54) is 37.8 Å². The maximum Gasteiger partial charge on any atom is 0.123 e. The third kappa shape index (κ3) is 3.03. The summed E-state index contributed by atoms with van der Waals surface area (Å²) in [6.45, 7) is 4.34. The van der Waals surface area contributed by atoms with Gasteiger partial charge in [-0.05, 0) is 43.5 Å². The van der Waals surface area contributed by atoms with Gasteiger partial charge in [0.25, 0.3) is 0 Å². The maximum atomic E-state index is 7.52. The molecule has 1 fully saturated rings. The molecular weight excluding hydrogens is 222 g/mol. The molecule has 0 saturated carbocycles. The fraction of sp³-hybridized carbons (Fsp3) is 0.533. The van der Waals surface area contributed by atoms with E-state index in [0.717, 1.165) is 24.2 Å². The number of nitrogens with one attached hydrogen (secondary N) is 1. The minimum atomic E-state index is 0.159. The zero-order valence-electron chi connectivity index (χ0n) is 11.2. The molecule has 1 saturated heterocycles. The highest BCUT2D eigenvalue weighted by Gasteiger charge is 2.10. The van der Waals surface area contributed by atoms with Crippen LogP contribution in [0, 0.1) is 12.3 Å². The molecule has 0 bridgehead atoms. The number of anilines is 1. The number of nitrogen functional groups attached to an aromatic ring is 1. The number of benzene rings is 1. The second-order valence-electron chi connectivity index (χ2n) is 5.17. The van der Waals surface area contributed by atoms with Gasteiger partial charge in [0.1, 0.15) is 5.84 Å². The second-order valence-corrected chi connectivity index (χ2v) is 5.17. The molecule has 1 heterocycles. The van der Waals surface area contributed by atoms with Crippen LogP contribution < -0.4 is 10.6 Å². The third-order valence-electron chi connectivity index (χ3n) is 3.72. The van der Waals surface area contributed by atoms with Crippen LogP contribution in [-0.4, -0.2) is 18.9 Å². The first-order chi connectivity index (χ1) is 8.68. The van der Waals surface area contributed by atoms with Crippen LogP contribution in [0.15, 0.2) is 18.2 Å². The van der Waals surface area contributed by atoms with E-state index in [4.69, 9.17) is 11.1 Å². The summed E-state index contributed by atoms with van der Waals surface area (Å²) >= 11 is 0. The highest BCUT2D eigenvalue weighted by atomic mass is 15.1. The summed E-state index contributed by atoms with van der Waals surface area (Å²) in [5.74, 6) is 0.159. The first-order valence-corrected chi connectivity index (χ1v) is 6.88. The normalized spacial score (nSPS) is 17.1. The summed E-state index contributed by atoms with van der Waals surface area (Å²) in [4.78, 5) is 2.47. The van der Waals surface area contributed by atoms with Crippen molar-refractivity contribution in [3.05, 3.63) is 29.3 Å². The molecule has 0 unspecified atom stereocenters. The molecule has 18 heavy (non-hydrogen) atoms. The van der Waals surface area contributed by atoms with Crippen LogP contribution >= 0.6 is 0 Å². The molecule has 1 aromatic carbocycles. The Kier molecular flexibility index (Phi) is 4.24. The van der Waals surface area contributed by atoms with E-state index < -0.39 is 0 Å². The number of amidine groups is 1. The van der Waals surface area contributed by atoms with E-state index in [-0.39, 0.29) is 5.84 Å². The fourth-order valence-electron chi connectivity index (χ4n) is 2.65. The molecule has 0 aromatic heterocycles. The number of rotatable bonds is 2. The molecule has 1 aromatic rings. The van der Waals surface area contributed by atoms with Gasteiger partial charge in [-0.2, -0.15) is 0 Å². The van der Waals surface area contributed by atoms with Crippen molar-refractivity contribution in [1.29, 1.82) is 5.41 Å². The maximum absolute atomic E-state index is 7.52. The zero-order chi connectivity index (χ0) is 13.0. The number of aryl methyl sites for hydroxylation is 1. The van der Waals surface area contributed by atoms with Gasteiger partial charge in [0.05, 0.1) is 0 Å². The zero-order valence-corrected chi connectivity index (χ0v) is 11.2. The Bertz CT molecular complexity index is 418. The molecule has 0 aliphatic carbocycles. The Hall–Kier alpha value is -1.51. The third-order valence-corrected chi connectivity index (χ3v) is 3.72. The number of hydrogen-bond acceptors (Lipinski definition) is 2. The van der Waals surface area contributed by atoms with Crippen molar-refractivity contribution in [2.75, 3.05) is 18.0 Å². The van der Waals surface area contributed by atoms with Crippen LogP contribution in [0.5, 0.6) is 0 Å². The van der Waals surface area contributed by atoms with E-state index in [0.29, 0.717) is 0 Å². The van der Waals surface area contributed by atoms with E-state index in [1.807, 2.05) is 13.0 Å². The summed E-state index contributed by atoms with van der Waals surface area (Å²) in [5, 5.41) is 7.52. The molecule has 0 amide bonds. The highest BCUT2D eigenvalue weighted by molar-refractivity contribution is 5.96. The fourth-order valence-corrected chi connectivity index (χ4v) is 2.65. The van der Waals surface area contributed by atoms with Crippen LogP contribution in [0.3, 0.4) is 0 Å². The molecule has 98 valence electrons. The van der Waals surface area contributed by atoms with Crippen molar-refractivity contribution in [2.45, 2.75) is 39.0 Å². The summed E-state index contributed by atoms with van der Waals surface area (Å²) in [6, 6.07) is 6.25. The quantitative estimate of drug-likeness (QED) is 0.621. The predicted molar refractivity (Wildman–Crippen MR) is 77.5 cm³/mol. The SMILES string of the molecule is Cc1cc(N2CCCCCCC2)ccc1C(=N)N. The monoisotopic (exact) mass is 245 g/mol. The average molecular weight is 245 g/mol. The van der Waals surface area contributed by atoms with Crippen molar-refractivity contribution in [3.63, 3.8) is 0 Å². The van der Waals surface area contributed by atoms with Crippen LogP contribution in [0.25, 0.3) is 0 Å². The molecule has 1 aliphatic rings. The van der Waals surface area contributed by atoms with Crippen LogP contribution in [0.4, 0.5) is 5.69 Å². The summed E-state index contributed by atoms with van der Waals surface area (Å²) < 4.78 is 0. The Morgan fingerprint density at radius 2 is 1.72 bits per heavy atom. The van der Waals surface area contributed by atoms with Crippen molar-refractivity contribution in [1.82, 2.24) is 0 Å². The molecule has 0 atom stereocenters. The molecule has 3 nitrogen and oxygen atoms in total. The number of hydrogen-bond donors (Lipinski definition) is 2. The standard InChI is InChI=1S/C15H23N3/c1-12-11-13(7-8-14(12)15(16)17)18-9-5-3-2-4-6-10-18/h7-8,11H,2-6,9-10H2,1H3,(H3,16,17). The van der Waals surface area contributed by atoms with Gasteiger partial charge in [0.2, 0.25) is 0 Å². The number of nitrogens with two attached hydrogens (primary N) is 1. The first-order valence-electron chi connectivity index (χ1n) is 6.88. The lowest BCUT2D eigenvalue weighted by molar-refractivity contribution is 0.556. The second kappa shape index (κ2) is 5.89. The first kappa shape index (κ1) is 12.9. The van der Waals surface area contributed by atoms with Gasteiger partial charge >= 0.3 is 0 Å². The number of nitrogens with zero attached hydrogens (tertiary/aromatic N) is 1. The minimum absolute atomic E-state index is 0.159. The summed E-state index contributed by atoms with van der Waals surface area (Å²) in [5.41, 5.74) is 8.79. The largest absolute Gasteiger partial charge is 0.384 e. The van der Waals surface area contributed by atoms with Gasteiger partial charge in [-0.25, -0.2) is 0 Å². The van der Waals surface area contributed by atoms with E-state index in [1.54, 1.807) is 0 Å². The Morgan fingerprint density at radius 3 is 2.28 bits per heavy atom. The minimum Gasteiger partial charge on any atom is -0.384 e. The van der Waals surface area contributed by atoms with Gasteiger partial charge < -0.3 is 10.6 Å². The Balaban J connectivity index is 2.16. The van der Waals surface area contributed by atoms with Crippen molar-refractivity contribution in [2.24, 2.45) is 5.73 Å². The van der Waals surface area contributed by atoms with Gasteiger partial charge in [0, 0.05) is 24.3 Å². The van der Waals surface area contributed by atoms with Crippen LogP contribution in [-0.2, 0) is 0 Å². The van der Waals surface area contributed by atoms with Crippen molar-refractivity contribution in [3.8, 4) is 0 Å². The lowest BCUT2D eigenvalue weighted by Gasteiger charge is -2.27. The topological polar surface area (TPSA) is 53.1 Å². The highest BCUT2D eigenvalue weighted by Crippen LogP contribution is 2.22.